The summed E-state index contributed by atoms with van der Waals surface area (Å²) >= 11 is 5.78. The predicted octanol–water partition coefficient (Wildman–Crippen LogP) is 2.57. The molecule has 28 heavy (non-hydrogen) atoms. The normalized spacial score (nSPS) is 12.1. The van der Waals surface area contributed by atoms with Crippen molar-refractivity contribution in [2.45, 2.75) is 11.8 Å². The molecule has 0 saturated heterocycles. The first-order valence-corrected chi connectivity index (χ1v) is 10.3. The zero-order valence-corrected chi connectivity index (χ0v) is 17.8. The fraction of sp³-hybridized carbons (Fsp3) is 0.263. The second-order valence-electron chi connectivity index (χ2n) is 6.39. The first-order chi connectivity index (χ1) is 13.1. The molecule has 2 aromatic rings. The van der Waals surface area contributed by atoms with Gasteiger partial charge in [-0.15, -0.1) is 0 Å². The minimum Gasteiger partial charge on any atom is -0.378 e. The van der Waals surface area contributed by atoms with Gasteiger partial charge >= 0.3 is 0 Å². The maximum Gasteiger partial charge on any atom is 0.255 e. The number of nitrogens with zero attached hydrogens (tertiary/aromatic N) is 3. The number of hydrogen-bond acceptors (Lipinski definition) is 5. The number of hydrazone groups is 1. The number of carbonyl (C=O) groups excluding carboxylic acids is 1. The molecule has 0 atom stereocenters. The summed E-state index contributed by atoms with van der Waals surface area (Å²) in [6, 6.07) is 13.5. The monoisotopic (exact) mass is 422 g/mol. The van der Waals surface area contributed by atoms with Crippen LogP contribution in [0.2, 0.25) is 5.02 Å². The topological polar surface area (TPSA) is 82.1 Å². The van der Waals surface area contributed by atoms with Crippen LogP contribution in [0, 0.1) is 0 Å². The van der Waals surface area contributed by atoms with Gasteiger partial charge in [0.05, 0.1) is 17.2 Å². The van der Waals surface area contributed by atoms with Crippen LogP contribution >= 0.6 is 11.6 Å². The van der Waals surface area contributed by atoms with E-state index >= 15 is 0 Å². The van der Waals surface area contributed by atoms with Crippen LogP contribution in [0.25, 0.3) is 0 Å². The van der Waals surface area contributed by atoms with E-state index in [1.165, 1.54) is 31.3 Å². The molecule has 0 bridgehead atoms. The van der Waals surface area contributed by atoms with Gasteiger partial charge in [0.1, 0.15) is 0 Å². The molecule has 0 heterocycles. The Labute approximate surface area is 170 Å². The number of anilines is 1. The number of amides is 1. The van der Waals surface area contributed by atoms with Crippen LogP contribution in [-0.4, -0.2) is 52.0 Å². The third-order valence-electron chi connectivity index (χ3n) is 4.04. The molecule has 2 aromatic carbocycles. The molecule has 9 heteroatoms. The van der Waals surface area contributed by atoms with Crippen LogP contribution in [0.15, 0.2) is 58.5 Å². The van der Waals surface area contributed by atoms with Gasteiger partial charge in [-0.2, -0.15) is 9.41 Å². The van der Waals surface area contributed by atoms with Gasteiger partial charge in [-0.05, 0) is 48.9 Å². The molecule has 7 nitrogen and oxygen atoms in total. The van der Waals surface area contributed by atoms with Gasteiger partial charge in [0, 0.05) is 31.9 Å². The van der Waals surface area contributed by atoms with E-state index in [9.17, 15) is 13.2 Å². The van der Waals surface area contributed by atoms with Gasteiger partial charge in [0.15, 0.2) is 0 Å². The molecule has 0 aromatic heterocycles. The fourth-order valence-corrected chi connectivity index (χ4v) is 3.57. The highest BCUT2D eigenvalue weighted by molar-refractivity contribution is 7.89. The molecule has 0 aliphatic rings. The molecule has 0 aliphatic carbocycles. The van der Waals surface area contributed by atoms with Gasteiger partial charge in [-0.1, -0.05) is 23.7 Å². The van der Waals surface area contributed by atoms with Crippen LogP contribution in [0.5, 0.6) is 0 Å². The second kappa shape index (κ2) is 9.18. The van der Waals surface area contributed by atoms with Gasteiger partial charge in [0.25, 0.3) is 5.91 Å². The van der Waals surface area contributed by atoms with Crippen molar-refractivity contribution in [2.75, 3.05) is 32.6 Å². The zero-order valence-electron chi connectivity index (χ0n) is 16.2. The van der Waals surface area contributed by atoms with Crippen molar-refractivity contribution in [3.8, 4) is 0 Å². The number of hydrogen-bond donors (Lipinski definition) is 1. The second-order valence-corrected chi connectivity index (χ2v) is 8.87. The lowest BCUT2D eigenvalue weighted by Crippen LogP contribution is -2.36. The van der Waals surface area contributed by atoms with E-state index in [0.29, 0.717) is 10.7 Å². The predicted molar refractivity (Wildman–Crippen MR) is 112 cm³/mol. The Kier molecular flexibility index (Phi) is 7.17. The molecule has 1 N–H and O–H groups in total. The minimum absolute atomic E-state index is 0.0628. The Morgan fingerprint density at radius 3 is 2.14 bits per heavy atom. The summed E-state index contributed by atoms with van der Waals surface area (Å²) in [5, 5.41) is 4.49. The summed E-state index contributed by atoms with van der Waals surface area (Å²) < 4.78 is 25.9. The van der Waals surface area contributed by atoms with Crippen LogP contribution in [0.4, 0.5) is 5.69 Å². The summed E-state index contributed by atoms with van der Waals surface area (Å²) in [6.45, 7) is 1.40. The van der Waals surface area contributed by atoms with E-state index < -0.39 is 15.9 Å². The van der Waals surface area contributed by atoms with E-state index in [1.807, 2.05) is 43.3 Å². The molecule has 2 rings (SSSR count). The molecule has 0 spiro atoms. The van der Waals surface area contributed by atoms with Crippen molar-refractivity contribution < 1.29 is 13.2 Å². The van der Waals surface area contributed by atoms with Crippen molar-refractivity contribution in [3.05, 3.63) is 59.1 Å². The van der Waals surface area contributed by atoms with Gasteiger partial charge in [0.2, 0.25) is 10.0 Å². The summed E-state index contributed by atoms with van der Waals surface area (Å²) in [4.78, 5) is 14.2. The van der Waals surface area contributed by atoms with Crippen LogP contribution in [0.1, 0.15) is 12.5 Å². The number of nitrogens with one attached hydrogen (secondary N) is 1. The van der Waals surface area contributed by atoms with Crippen molar-refractivity contribution in [3.63, 3.8) is 0 Å². The summed E-state index contributed by atoms with van der Waals surface area (Å²) in [6.07, 6.45) is 0. The van der Waals surface area contributed by atoms with Crippen LogP contribution in [-0.2, 0) is 14.8 Å². The number of benzene rings is 2. The standard InChI is InChI=1S/C19H23ClN4O3S/c1-14(15-5-9-17(10-6-15)23(2)3)21-22-19(25)13-24(4)28(26,27)18-11-7-16(20)8-12-18/h5-12H,13H2,1-4H3,(H,22,25)/b21-14-. The molecule has 150 valence electrons. The number of likely N-dealkylation sites (N-methyl/N-ethyl adjacent to an activating group) is 1. The van der Waals surface area contributed by atoms with E-state index in [4.69, 9.17) is 11.6 Å². The average Bonchev–Trinajstić information content (AvgIpc) is 2.66. The van der Waals surface area contributed by atoms with Gasteiger partial charge in [-0.3, -0.25) is 4.79 Å². The Morgan fingerprint density at radius 2 is 1.61 bits per heavy atom. The maximum atomic E-state index is 12.5. The van der Waals surface area contributed by atoms with E-state index in [-0.39, 0.29) is 11.4 Å². The number of carbonyl (C=O) groups is 1. The lowest BCUT2D eigenvalue weighted by atomic mass is 10.1. The first kappa shape index (κ1) is 21.9. The van der Waals surface area contributed by atoms with E-state index in [0.717, 1.165) is 15.6 Å². The lowest BCUT2D eigenvalue weighted by molar-refractivity contribution is -0.121. The van der Waals surface area contributed by atoms with Crippen LogP contribution < -0.4 is 10.3 Å². The van der Waals surface area contributed by atoms with Crippen molar-refractivity contribution in [2.24, 2.45) is 5.10 Å². The number of sulfonamides is 1. The maximum absolute atomic E-state index is 12.5. The average molecular weight is 423 g/mol. The van der Waals surface area contributed by atoms with Gasteiger partial charge in [-0.25, -0.2) is 13.8 Å². The molecule has 0 fully saturated rings. The Bertz CT molecular complexity index is 956. The minimum atomic E-state index is -3.79. The van der Waals surface area contributed by atoms with Crippen LogP contribution in [0.3, 0.4) is 0 Å². The third kappa shape index (κ3) is 5.54. The quantitative estimate of drug-likeness (QED) is 0.549. The van der Waals surface area contributed by atoms with Crippen molar-refractivity contribution in [1.82, 2.24) is 9.73 Å². The van der Waals surface area contributed by atoms with Crippen molar-refractivity contribution >= 4 is 38.9 Å². The molecule has 0 unspecified atom stereocenters. The lowest BCUT2D eigenvalue weighted by Gasteiger charge is -2.16. The Hall–Kier alpha value is -2.42. The number of halogens is 1. The highest BCUT2D eigenvalue weighted by Gasteiger charge is 2.22. The number of rotatable bonds is 7. The molecule has 0 radical (unpaired) electrons. The molecule has 0 saturated carbocycles. The molecular formula is C19H23ClN4O3S. The SMILES string of the molecule is C/C(=N/NC(=O)CN(C)S(=O)(=O)c1ccc(Cl)cc1)c1ccc(N(C)C)cc1. The first-order valence-electron chi connectivity index (χ1n) is 8.44. The highest BCUT2D eigenvalue weighted by Crippen LogP contribution is 2.17. The Balaban J connectivity index is 2.00. The smallest absolute Gasteiger partial charge is 0.255 e. The van der Waals surface area contributed by atoms with E-state index in [1.54, 1.807) is 6.92 Å². The highest BCUT2D eigenvalue weighted by atomic mass is 35.5. The fourth-order valence-electron chi connectivity index (χ4n) is 2.32. The summed E-state index contributed by atoms with van der Waals surface area (Å²) in [7, 11) is 1.44. The third-order valence-corrected chi connectivity index (χ3v) is 6.11. The van der Waals surface area contributed by atoms with Crippen molar-refractivity contribution in [1.29, 1.82) is 0 Å². The van der Waals surface area contributed by atoms with E-state index in [2.05, 4.69) is 10.5 Å². The molecule has 1 amide bonds. The zero-order chi connectivity index (χ0) is 20.9. The molecule has 0 aliphatic heterocycles. The van der Waals surface area contributed by atoms with Gasteiger partial charge < -0.3 is 4.90 Å². The summed E-state index contributed by atoms with van der Waals surface area (Å²) in [5.41, 5.74) is 4.91. The molecular weight excluding hydrogens is 400 g/mol. The largest absolute Gasteiger partial charge is 0.378 e. The Morgan fingerprint density at radius 1 is 1.04 bits per heavy atom. The summed E-state index contributed by atoms with van der Waals surface area (Å²) in [5.74, 6) is -0.538.